The van der Waals surface area contributed by atoms with E-state index in [4.69, 9.17) is 4.74 Å². The van der Waals surface area contributed by atoms with Crippen molar-refractivity contribution in [2.45, 2.75) is 40.3 Å². The summed E-state index contributed by atoms with van der Waals surface area (Å²) in [5.74, 6) is -0.213. The van der Waals surface area contributed by atoms with Crippen LogP contribution in [0.3, 0.4) is 0 Å². The van der Waals surface area contributed by atoms with Crippen LogP contribution in [0.1, 0.15) is 29.2 Å². The number of carbonyl (C=O) groups is 1. The number of anilines is 1. The third-order valence-electron chi connectivity index (χ3n) is 4.76. The molecule has 5 heteroatoms. The fourth-order valence-corrected chi connectivity index (χ4v) is 3.13. The summed E-state index contributed by atoms with van der Waals surface area (Å²) in [6.45, 7) is 8.46. The van der Waals surface area contributed by atoms with Gasteiger partial charge in [0.05, 0.1) is 14.2 Å². The largest absolute Gasteiger partial charge is 0.494 e. The molecule has 2 rings (SSSR count). The second-order valence-corrected chi connectivity index (χ2v) is 6.98. The van der Waals surface area contributed by atoms with Gasteiger partial charge in [-0.2, -0.15) is 0 Å². The molecule has 0 saturated heterocycles. The van der Waals surface area contributed by atoms with E-state index in [1.807, 2.05) is 40.8 Å². The lowest BCUT2D eigenvalue weighted by Crippen LogP contribution is -3.12. The van der Waals surface area contributed by atoms with Gasteiger partial charge in [0.15, 0.2) is 17.6 Å². The summed E-state index contributed by atoms with van der Waals surface area (Å²) in [6.07, 6.45) is 0. The highest BCUT2D eigenvalue weighted by Crippen LogP contribution is 2.22. The highest BCUT2D eigenvalue weighted by molar-refractivity contribution is 5.95. The number of halogens is 1. The molecule has 2 N–H and O–H groups in total. The van der Waals surface area contributed by atoms with E-state index in [1.54, 1.807) is 6.07 Å². The standard InChI is InChI=1S/C21H27FN2O2/c1-13-9-14(2)20(15(3)10-13)23-21(25)16(4)24(5)12-17-7-8-19(26-6)18(22)11-17/h7-11,16H,12H2,1-6H3,(H,23,25)/p+1/t16-/m1/s1. The maximum atomic E-state index is 13.9. The molecule has 26 heavy (non-hydrogen) atoms. The Labute approximate surface area is 155 Å². The van der Waals surface area contributed by atoms with Gasteiger partial charge >= 0.3 is 0 Å². The maximum Gasteiger partial charge on any atom is 0.282 e. The lowest BCUT2D eigenvalue weighted by Gasteiger charge is -2.22. The summed E-state index contributed by atoms with van der Waals surface area (Å²) in [7, 11) is 3.37. The summed E-state index contributed by atoms with van der Waals surface area (Å²) < 4.78 is 18.8. The van der Waals surface area contributed by atoms with Crippen LogP contribution >= 0.6 is 0 Å². The van der Waals surface area contributed by atoms with Gasteiger partial charge in [0.2, 0.25) is 0 Å². The summed E-state index contributed by atoms with van der Waals surface area (Å²) in [4.78, 5) is 13.7. The van der Waals surface area contributed by atoms with Gasteiger partial charge in [-0.1, -0.05) is 17.7 Å². The van der Waals surface area contributed by atoms with Crippen molar-refractivity contribution in [2.24, 2.45) is 0 Å². The molecule has 0 aliphatic carbocycles. The van der Waals surface area contributed by atoms with E-state index in [1.165, 1.54) is 18.7 Å². The zero-order valence-electron chi connectivity index (χ0n) is 16.4. The van der Waals surface area contributed by atoms with Gasteiger partial charge in [0.1, 0.15) is 6.54 Å². The minimum atomic E-state index is -0.388. The molecule has 4 nitrogen and oxygen atoms in total. The fourth-order valence-electron chi connectivity index (χ4n) is 3.13. The summed E-state index contributed by atoms with van der Waals surface area (Å²) in [5.41, 5.74) is 4.98. The van der Waals surface area contributed by atoms with Crippen LogP contribution in [-0.4, -0.2) is 26.1 Å². The zero-order chi connectivity index (χ0) is 19.4. The molecular formula is C21H28FN2O2+. The molecule has 2 aromatic carbocycles. The monoisotopic (exact) mass is 359 g/mol. The maximum absolute atomic E-state index is 13.9. The number of likely N-dealkylation sites (N-methyl/N-ethyl adjacent to an activating group) is 1. The Morgan fingerprint density at radius 1 is 1.19 bits per heavy atom. The van der Waals surface area contributed by atoms with Crippen LogP contribution in [0.2, 0.25) is 0 Å². The molecule has 2 atom stereocenters. The van der Waals surface area contributed by atoms with Crippen LogP contribution in [0, 0.1) is 26.6 Å². The van der Waals surface area contributed by atoms with E-state index in [2.05, 4.69) is 17.4 Å². The zero-order valence-corrected chi connectivity index (χ0v) is 16.4. The number of methoxy groups -OCH3 is 1. The van der Waals surface area contributed by atoms with Crippen LogP contribution < -0.4 is 15.0 Å². The van der Waals surface area contributed by atoms with Gasteiger partial charge in [0, 0.05) is 11.3 Å². The molecule has 0 bridgehead atoms. The van der Waals surface area contributed by atoms with Gasteiger partial charge in [-0.15, -0.1) is 0 Å². The van der Waals surface area contributed by atoms with Crippen LogP contribution in [0.15, 0.2) is 30.3 Å². The molecule has 1 unspecified atom stereocenters. The van der Waals surface area contributed by atoms with Crippen LogP contribution in [0.25, 0.3) is 0 Å². The number of ether oxygens (including phenoxy) is 1. The number of aryl methyl sites for hydroxylation is 3. The normalized spacial score (nSPS) is 13.2. The summed E-state index contributed by atoms with van der Waals surface area (Å²) in [6, 6.07) is 8.74. The molecule has 0 aliphatic heterocycles. The Kier molecular flexibility index (Phi) is 6.37. The molecule has 2 aromatic rings. The minimum absolute atomic E-state index is 0.0495. The number of hydrogen-bond acceptors (Lipinski definition) is 2. The van der Waals surface area contributed by atoms with E-state index >= 15 is 0 Å². The predicted octanol–water partition coefficient (Wildman–Crippen LogP) is 2.80. The van der Waals surface area contributed by atoms with E-state index in [9.17, 15) is 9.18 Å². The topological polar surface area (TPSA) is 42.8 Å². The molecular weight excluding hydrogens is 331 g/mol. The van der Waals surface area contributed by atoms with Gasteiger partial charge in [-0.25, -0.2) is 4.39 Å². The molecule has 0 radical (unpaired) electrons. The summed E-state index contributed by atoms with van der Waals surface area (Å²) >= 11 is 0. The molecule has 140 valence electrons. The number of benzene rings is 2. The minimum Gasteiger partial charge on any atom is -0.494 e. The Morgan fingerprint density at radius 2 is 1.81 bits per heavy atom. The van der Waals surface area contributed by atoms with Gasteiger partial charge in [-0.3, -0.25) is 4.79 Å². The SMILES string of the molecule is COc1ccc(C[NH+](C)[C@H](C)C(=O)Nc2c(C)cc(C)cc2C)cc1F. The molecule has 0 fully saturated rings. The smallest absolute Gasteiger partial charge is 0.282 e. The number of nitrogens with one attached hydrogen (secondary N) is 2. The lowest BCUT2D eigenvalue weighted by atomic mass is 10.0. The van der Waals surface area contributed by atoms with Crippen molar-refractivity contribution in [1.82, 2.24) is 0 Å². The van der Waals surface area contributed by atoms with Crippen molar-refractivity contribution < 1.29 is 18.8 Å². The van der Waals surface area contributed by atoms with Gasteiger partial charge in [-0.05, 0) is 57.0 Å². The summed E-state index contributed by atoms with van der Waals surface area (Å²) in [5, 5.41) is 3.05. The van der Waals surface area contributed by atoms with Crippen molar-refractivity contribution in [2.75, 3.05) is 19.5 Å². The molecule has 1 amide bonds. The Morgan fingerprint density at radius 3 is 2.35 bits per heavy atom. The first-order valence-electron chi connectivity index (χ1n) is 8.76. The van der Waals surface area contributed by atoms with E-state index in [0.717, 1.165) is 27.3 Å². The first-order valence-corrected chi connectivity index (χ1v) is 8.76. The van der Waals surface area contributed by atoms with Gasteiger partial charge < -0.3 is 15.0 Å². The van der Waals surface area contributed by atoms with Crippen molar-refractivity contribution in [1.29, 1.82) is 0 Å². The quantitative estimate of drug-likeness (QED) is 0.833. The average molecular weight is 359 g/mol. The number of hydrogen-bond donors (Lipinski definition) is 2. The predicted molar refractivity (Wildman–Crippen MR) is 102 cm³/mol. The van der Waals surface area contributed by atoms with Crippen molar-refractivity contribution in [3.63, 3.8) is 0 Å². The van der Waals surface area contributed by atoms with E-state index in [0.29, 0.717) is 6.54 Å². The molecule has 0 aromatic heterocycles. The first-order chi connectivity index (χ1) is 12.2. The highest BCUT2D eigenvalue weighted by Gasteiger charge is 2.23. The third-order valence-corrected chi connectivity index (χ3v) is 4.76. The van der Waals surface area contributed by atoms with Crippen LogP contribution in [0.5, 0.6) is 5.75 Å². The van der Waals surface area contributed by atoms with Crippen molar-refractivity contribution in [3.05, 3.63) is 58.4 Å². The second-order valence-electron chi connectivity index (χ2n) is 6.98. The number of carbonyl (C=O) groups excluding carboxylic acids is 1. The highest BCUT2D eigenvalue weighted by atomic mass is 19.1. The van der Waals surface area contributed by atoms with E-state index in [-0.39, 0.29) is 23.5 Å². The Bertz CT molecular complexity index is 782. The first kappa shape index (κ1) is 19.9. The molecule has 0 heterocycles. The average Bonchev–Trinajstić information content (AvgIpc) is 2.57. The number of rotatable bonds is 6. The van der Waals surface area contributed by atoms with Crippen LogP contribution in [-0.2, 0) is 11.3 Å². The molecule has 0 saturated carbocycles. The molecule has 0 spiro atoms. The Balaban J connectivity index is 2.07. The van der Waals surface area contributed by atoms with Crippen molar-refractivity contribution in [3.8, 4) is 5.75 Å². The number of amides is 1. The lowest BCUT2D eigenvalue weighted by molar-refractivity contribution is -0.907. The van der Waals surface area contributed by atoms with Crippen molar-refractivity contribution >= 4 is 11.6 Å². The van der Waals surface area contributed by atoms with E-state index < -0.39 is 0 Å². The fraction of sp³-hybridized carbons (Fsp3) is 0.381. The Hall–Kier alpha value is -2.40. The van der Waals surface area contributed by atoms with Gasteiger partial charge in [0.25, 0.3) is 5.91 Å². The second kappa shape index (κ2) is 8.32. The number of quaternary nitrogens is 1. The molecule has 0 aliphatic rings. The van der Waals surface area contributed by atoms with Crippen LogP contribution in [0.4, 0.5) is 10.1 Å². The third kappa shape index (κ3) is 4.61.